The molecule has 5 nitrogen and oxygen atoms in total. The predicted molar refractivity (Wildman–Crippen MR) is 68.2 cm³/mol. The molecule has 18 heavy (non-hydrogen) atoms. The third-order valence-corrected chi connectivity index (χ3v) is 3.55. The van der Waals surface area contributed by atoms with Crippen molar-refractivity contribution in [3.8, 4) is 0 Å². The van der Waals surface area contributed by atoms with Crippen LogP contribution in [-0.2, 0) is 11.3 Å². The Labute approximate surface area is 107 Å². The molecular weight excluding hydrogens is 230 g/mol. The van der Waals surface area contributed by atoms with Crippen LogP contribution in [0.3, 0.4) is 0 Å². The summed E-state index contributed by atoms with van der Waals surface area (Å²) in [7, 11) is 0. The molecular formula is C13H21N3O2. The molecule has 2 N–H and O–H groups in total. The second-order valence-electron chi connectivity index (χ2n) is 5.07. The molecule has 0 unspecified atom stereocenters. The van der Waals surface area contributed by atoms with Gasteiger partial charge in [-0.25, -0.2) is 4.98 Å². The molecule has 0 spiro atoms. The van der Waals surface area contributed by atoms with Crippen LogP contribution < -0.4 is 0 Å². The van der Waals surface area contributed by atoms with Gasteiger partial charge in [-0.15, -0.1) is 0 Å². The molecule has 0 amide bonds. The fourth-order valence-electron chi connectivity index (χ4n) is 2.62. The molecule has 1 aliphatic heterocycles. The van der Waals surface area contributed by atoms with E-state index in [1.165, 1.54) is 12.8 Å². The van der Waals surface area contributed by atoms with E-state index in [9.17, 15) is 4.79 Å². The first kappa shape index (κ1) is 13.1. The summed E-state index contributed by atoms with van der Waals surface area (Å²) in [5.74, 6) is 0.282. The van der Waals surface area contributed by atoms with Crippen LogP contribution in [0.15, 0.2) is 6.20 Å². The Balaban J connectivity index is 1.92. The Morgan fingerprint density at radius 3 is 3.11 bits per heavy atom. The molecule has 0 aromatic carbocycles. The molecule has 5 heteroatoms. The van der Waals surface area contributed by atoms with Gasteiger partial charge in [0, 0.05) is 24.4 Å². The molecule has 0 radical (unpaired) electrons. The molecule has 100 valence electrons. The van der Waals surface area contributed by atoms with Crippen LogP contribution in [0.2, 0.25) is 0 Å². The number of aromatic amines is 1. The zero-order valence-corrected chi connectivity index (χ0v) is 10.9. The molecule has 2 rings (SSSR count). The van der Waals surface area contributed by atoms with Crippen molar-refractivity contribution in [2.75, 3.05) is 6.54 Å². The number of hydrogen-bond acceptors (Lipinski definition) is 3. The number of carboxylic acid groups (broad SMARTS) is 1. The van der Waals surface area contributed by atoms with Crippen LogP contribution in [-0.4, -0.2) is 38.5 Å². The lowest BCUT2D eigenvalue weighted by molar-refractivity contribution is -0.137. The van der Waals surface area contributed by atoms with Crippen LogP contribution in [0.1, 0.15) is 43.6 Å². The van der Waals surface area contributed by atoms with Gasteiger partial charge in [0.1, 0.15) is 5.82 Å². The Kier molecular flexibility index (Phi) is 4.36. The number of piperidine rings is 1. The smallest absolute Gasteiger partial charge is 0.303 e. The summed E-state index contributed by atoms with van der Waals surface area (Å²) in [6.07, 6.45) is 6.35. The molecule has 1 aromatic heterocycles. The Morgan fingerprint density at radius 1 is 1.61 bits per heavy atom. The number of imidazole rings is 1. The van der Waals surface area contributed by atoms with Crippen molar-refractivity contribution in [2.24, 2.45) is 0 Å². The van der Waals surface area contributed by atoms with Crippen LogP contribution in [0, 0.1) is 6.92 Å². The lowest BCUT2D eigenvalue weighted by Crippen LogP contribution is -2.39. The zero-order chi connectivity index (χ0) is 13.0. The zero-order valence-electron chi connectivity index (χ0n) is 10.9. The molecule has 2 heterocycles. The number of rotatable bonds is 5. The van der Waals surface area contributed by atoms with Crippen molar-refractivity contribution in [2.45, 2.75) is 51.6 Å². The van der Waals surface area contributed by atoms with Gasteiger partial charge < -0.3 is 10.1 Å². The minimum absolute atomic E-state index is 0.262. The van der Waals surface area contributed by atoms with E-state index in [0.717, 1.165) is 37.4 Å². The van der Waals surface area contributed by atoms with Gasteiger partial charge in [0.25, 0.3) is 0 Å². The van der Waals surface area contributed by atoms with Crippen molar-refractivity contribution < 1.29 is 9.90 Å². The van der Waals surface area contributed by atoms with E-state index >= 15 is 0 Å². The van der Waals surface area contributed by atoms with Gasteiger partial charge in [-0.3, -0.25) is 9.69 Å². The first-order chi connectivity index (χ1) is 8.65. The van der Waals surface area contributed by atoms with Crippen LogP contribution in [0.25, 0.3) is 0 Å². The Bertz CT molecular complexity index is 403. The van der Waals surface area contributed by atoms with Crippen molar-refractivity contribution in [1.29, 1.82) is 0 Å². The number of nitrogens with one attached hydrogen (secondary N) is 1. The number of aliphatic carboxylic acids is 1. The summed E-state index contributed by atoms with van der Waals surface area (Å²) in [5, 5.41) is 8.79. The van der Waals surface area contributed by atoms with E-state index < -0.39 is 5.97 Å². The summed E-state index contributed by atoms with van der Waals surface area (Å²) in [5.41, 5.74) is 1.07. The standard InChI is InChI=1S/C13H21N3O2/c1-10-8-14-12(15-10)9-16-7-3-2-4-11(16)5-6-13(17)18/h8,11H,2-7,9H2,1H3,(H,14,15)(H,17,18)/t11-/m1/s1. The van der Waals surface area contributed by atoms with E-state index in [-0.39, 0.29) is 6.42 Å². The largest absolute Gasteiger partial charge is 0.481 e. The second kappa shape index (κ2) is 6.00. The number of nitrogens with zero attached hydrogens (tertiary/aromatic N) is 2. The van der Waals surface area contributed by atoms with Crippen LogP contribution >= 0.6 is 0 Å². The molecule has 1 aromatic rings. The van der Waals surface area contributed by atoms with Gasteiger partial charge >= 0.3 is 5.97 Å². The van der Waals surface area contributed by atoms with E-state index in [0.29, 0.717) is 6.04 Å². The van der Waals surface area contributed by atoms with Gasteiger partial charge in [0.05, 0.1) is 6.54 Å². The highest BCUT2D eigenvalue weighted by molar-refractivity contribution is 5.66. The maximum absolute atomic E-state index is 10.7. The van der Waals surface area contributed by atoms with E-state index in [1.54, 1.807) is 0 Å². The molecule has 1 saturated heterocycles. The number of aryl methyl sites for hydroxylation is 1. The molecule has 0 saturated carbocycles. The van der Waals surface area contributed by atoms with E-state index in [4.69, 9.17) is 5.11 Å². The summed E-state index contributed by atoms with van der Waals surface area (Å²) >= 11 is 0. The summed E-state index contributed by atoms with van der Waals surface area (Å²) in [6.45, 7) is 3.84. The number of hydrogen-bond donors (Lipinski definition) is 2. The lowest BCUT2D eigenvalue weighted by atomic mass is 9.98. The number of carboxylic acids is 1. The fourth-order valence-corrected chi connectivity index (χ4v) is 2.62. The number of H-pyrrole nitrogens is 1. The van der Waals surface area contributed by atoms with Crippen molar-refractivity contribution in [3.63, 3.8) is 0 Å². The number of carbonyl (C=O) groups is 1. The van der Waals surface area contributed by atoms with Gasteiger partial charge in [-0.1, -0.05) is 6.42 Å². The molecule has 1 atom stereocenters. The van der Waals surface area contributed by atoms with Crippen molar-refractivity contribution in [3.05, 3.63) is 17.7 Å². The summed E-state index contributed by atoms with van der Waals surface area (Å²) < 4.78 is 0. The highest BCUT2D eigenvalue weighted by Gasteiger charge is 2.23. The Morgan fingerprint density at radius 2 is 2.44 bits per heavy atom. The number of aromatic nitrogens is 2. The molecule has 1 fully saturated rings. The fraction of sp³-hybridized carbons (Fsp3) is 0.692. The second-order valence-corrected chi connectivity index (χ2v) is 5.07. The monoisotopic (exact) mass is 251 g/mol. The normalized spacial score (nSPS) is 21.1. The van der Waals surface area contributed by atoms with Crippen molar-refractivity contribution in [1.82, 2.24) is 14.9 Å². The maximum atomic E-state index is 10.7. The quantitative estimate of drug-likeness (QED) is 0.839. The molecule has 0 aliphatic carbocycles. The lowest BCUT2D eigenvalue weighted by Gasteiger charge is -2.35. The topological polar surface area (TPSA) is 69.2 Å². The third-order valence-electron chi connectivity index (χ3n) is 3.55. The maximum Gasteiger partial charge on any atom is 0.303 e. The van der Waals surface area contributed by atoms with E-state index in [2.05, 4.69) is 14.9 Å². The summed E-state index contributed by atoms with van der Waals surface area (Å²) in [6, 6.07) is 0.389. The van der Waals surface area contributed by atoms with Crippen LogP contribution in [0.4, 0.5) is 0 Å². The van der Waals surface area contributed by atoms with E-state index in [1.807, 2.05) is 13.1 Å². The highest BCUT2D eigenvalue weighted by atomic mass is 16.4. The van der Waals surface area contributed by atoms with Gasteiger partial charge in [-0.2, -0.15) is 0 Å². The predicted octanol–water partition coefficient (Wildman–Crippen LogP) is 1.94. The first-order valence-electron chi connectivity index (χ1n) is 6.61. The average Bonchev–Trinajstić information content (AvgIpc) is 2.73. The van der Waals surface area contributed by atoms with Gasteiger partial charge in [0.15, 0.2) is 0 Å². The van der Waals surface area contributed by atoms with Gasteiger partial charge in [-0.05, 0) is 32.7 Å². The van der Waals surface area contributed by atoms with Crippen molar-refractivity contribution >= 4 is 5.97 Å². The molecule has 1 aliphatic rings. The SMILES string of the molecule is Cc1cnc(CN2CCCC[C@@H]2CCC(=O)O)[nH]1. The molecule has 0 bridgehead atoms. The third kappa shape index (κ3) is 3.57. The van der Waals surface area contributed by atoms with Crippen LogP contribution in [0.5, 0.6) is 0 Å². The minimum Gasteiger partial charge on any atom is -0.481 e. The highest BCUT2D eigenvalue weighted by Crippen LogP contribution is 2.22. The first-order valence-corrected chi connectivity index (χ1v) is 6.61. The Hall–Kier alpha value is -1.36. The van der Waals surface area contributed by atoms with Gasteiger partial charge in [0.2, 0.25) is 0 Å². The summed E-state index contributed by atoms with van der Waals surface area (Å²) in [4.78, 5) is 20.6. The minimum atomic E-state index is -0.700. The average molecular weight is 251 g/mol. The number of likely N-dealkylation sites (tertiary alicyclic amines) is 1.